The van der Waals surface area contributed by atoms with Gasteiger partial charge in [0.05, 0.1) is 70.7 Å². The summed E-state index contributed by atoms with van der Waals surface area (Å²) in [7, 11) is 0. The molecule has 0 rings (SSSR count). The summed E-state index contributed by atoms with van der Waals surface area (Å²) in [6.07, 6.45) is 2.01. The molecule has 0 bridgehead atoms. The molecule has 20 heavy (non-hydrogen) atoms. The second kappa shape index (κ2) is 30.2. The van der Waals surface area contributed by atoms with Gasteiger partial charge in [0, 0.05) is 6.08 Å². The Hall–Kier alpha value is -1.95. The van der Waals surface area contributed by atoms with Crippen molar-refractivity contribution in [2.24, 2.45) is 0 Å². The van der Waals surface area contributed by atoms with Gasteiger partial charge >= 0.3 is 0 Å². The van der Waals surface area contributed by atoms with E-state index in [-0.39, 0.29) is 13.2 Å². The Labute approximate surface area is 119 Å². The van der Waals surface area contributed by atoms with Crippen LogP contribution in [0.3, 0.4) is 0 Å². The highest BCUT2D eigenvalue weighted by Crippen LogP contribution is 1.83. The molecule has 0 amide bonds. The summed E-state index contributed by atoms with van der Waals surface area (Å²) in [6, 6.07) is 5.63. The largest absolute Gasteiger partial charge is 0.394 e. The number of aliphatic hydroxyl groups excluding tert-OH is 2. The first kappa shape index (κ1) is 23.2. The number of ether oxygens (including phenoxy) is 2. The SMILES string of the molecule is C=CC#N.N#CCCOCCOCCC#N.OCCO. The Kier molecular flexibility index (Phi) is 35.0. The van der Waals surface area contributed by atoms with Crippen LogP contribution >= 0.6 is 0 Å². The summed E-state index contributed by atoms with van der Waals surface area (Å²) in [5, 5.41) is 39.0. The highest BCUT2D eigenvalue weighted by atomic mass is 16.5. The molecule has 7 heteroatoms. The van der Waals surface area contributed by atoms with Crippen LogP contribution in [0.25, 0.3) is 0 Å². The van der Waals surface area contributed by atoms with Gasteiger partial charge in [-0.2, -0.15) is 15.8 Å². The van der Waals surface area contributed by atoms with E-state index in [1.165, 1.54) is 6.08 Å². The van der Waals surface area contributed by atoms with Crippen molar-refractivity contribution >= 4 is 0 Å². The van der Waals surface area contributed by atoms with Crippen LogP contribution in [-0.4, -0.2) is 49.9 Å². The lowest BCUT2D eigenvalue weighted by Gasteiger charge is -2.01. The topological polar surface area (TPSA) is 130 Å². The molecule has 112 valence electrons. The quantitative estimate of drug-likeness (QED) is 0.490. The summed E-state index contributed by atoms with van der Waals surface area (Å²) in [4.78, 5) is 0. The van der Waals surface area contributed by atoms with E-state index in [1.54, 1.807) is 6.07 Å². The lowest BCUT2D eigenvalue weighted by molar-refractivity contribution is 0.0520. The second-order valence-electron chi connectivity index (χ2n) is 2.82. The number of aliphatic hydroxyl groups is 2. The molecule has 0 aliphatic carbocycles. The molecule has 0 radical (unpaired) electrons. The molecular formula is C13H21N3O4. The van der Waals surface area contributed by atoms with Crippen LogP contribution in [0.2, 0.25) is 0 Å². The zero-order valence-corrected chi connectivity index (χ0v) is 11.5. The smallest absolute Gasteiger partial charge is 0.0905 e. The first-order valence-corrected chi connectivity index (χ1v) is 5.86. The van der Waals surface area contributed by atoms with E-state index in [4.69, 9.17) is 35.5 Å². The summed E-state index contributed by atoms with van der Waals surface area (Å²) in [6.45, 7) is 4.77. The predicted octanol–water partition coefficient (Wildman–Crippen LogP) is 0.514. The monoisotopic (exact) mass is 283 g/mol. The normalized spacial score (nSPS) is 7.55. The van der Waals surface area contributed by atoms with Gasteiger partial charge in [0.25, 0.3) is 0 Å². The summed E-state index contributed by atoms with van der Waals surface area (Å²) >= 11 is 0. The third kappa shape index (κ3) is 44.4. The van der Waals surface area contributed by atoms with Crippen molar-refractivity contribution in [3.8, 4) is 18.2 Å². The fourth-order valence-corrected chi connectivity index (χ4v) is 0.558. The molecule has 0 saturated carbocycles. The predicted molar refractivity (Wildman–Crippen MR) is 72.1 cm³/mol. The summed E-state index contributed by atoms with van der Waals surface area (Å²) < 4.78 is 10.0. The van der Waals surface area contributed by atoms with E-state index in [2.05, 4.69) is 6.58 Å². The van der Waals surface area contributed by atoms with E-state index in [0.717, 1.165) is 0 Å². The minimum atomic E-state index is -0.125. The molecule has 0 saturated heterocycles. The molecule has 0 heterocycles. The molecule has 0 aliphatic rings. The molecule has 0 aromatic rings. The van der Waals surface area contributed by atoms with Gasteiger partial charge in [-0.25, -0.2) is 0 Å². The van der Waals surface area contributed by atoms with Gasteiger partial charge in [-0.15, -0.1) is 0 Å². The van der Waals surface area contributed by atoms with Crippen molar-refractivity contribution in [2.45, 2.75) is 12.8 Å². The average molecular weight is 283 g/mol. The van der Waals surface area contributed by atoms with Gasteiger partial charge in [0.2, 0.25) is 0 Å². The molecule has 0 fully saturated rings. The van der Waals surface area contributed by atoms with Crippen LogP contribution in [0.1, 0.15) is 12.8 Å². The van der Waals surface area contributed by atoms with Gasteiger partial charge in [0.1, 0.15) is 0 Å². The third-order valence-electron chi connectivity index (χ3n) is 1.28. The Morgan fingerprint density at radius 2 is 1.20 bits per heavy atom. The highest BCUT2D eigenvalue weighted by Gasteiger charge is 1.88. The van der Waals surface area contributed by atoms with E-state index >= 15 is 0 Å². The van der Waals surface area contributed by atoms with Gasteiger partial charge in [-0.3, -0.25) is 0 Å². The minimum Gasteiger partial charge on any atom is -0.394 e. The minimum absolute atomic E-state index is 0.125. The van der Waals surface area contributed by atoms with Crippen LogP contribution in [-0.2, 0) is 9.47 Å². The Balaban J connectivity index is -0.000000297. The number of hydrogen-bond donors (Lipinski definition) is 2. The van der Waals surface area contributed by atoms with Crippen LogP contribution < -0.4 is 0 Å². The van der Waals surface area contributed by atoms with Gasteiger partial charge in [-0.05, 0) is 0 Å². The number of nitrogens with zero attached hydrogens (tertiary/aromatic N) is 3. The highest BCUT2D eigenvalue weighted by molar-refractivity contribution is 4.93. The lowest BCUT2D eigenvalue weighted by Crippen LogP contribution is -2.05. The van der Waals surface area contributed by atoms with Crippen molar-refractivity contribution in [2.75, 3.05) is 39.6 Å². The van der Waals surface area contributed by atoms with Crippen molar-refractivity contribution in [3.05, 3.63) is 12.7 Å². The standard InChI is InChI=1S/C8H12N2O2.C3H3N.C2H6O2/c9-3-1-5-11-7-8-12-6-2-4-10;1-2-3-4;3-1-2-4/h1-2,5-8H2;2H,1H2;3-4H,1-2H2. The van der Waals surface area contributed by atoms with Crippen LogP contribution in [0, 0.1) is 34.0 Å². The fraction of sp³-hybridized carbons (Fsp3) is 0.615. The number of nitriles is 3. The van der Waals surface area contributed by atoms with Crippen molar-refractivity contribution < 1.29 is 19.7 Å². The van der Waals surface area contributed by atoms with Crippen molar-refractivity contribution in [1.82, 2.24) is 0 Å². The average Bonchev–Trinajstić information content (AvgIpc) is 2.50. The van der Waals surface area contributed by atoms with E-state index in [1.807, 2.05) is 12.1 Å². The molecule has 7 nitrogen and oxygen atoms in total. The maximum atomic E-state index is 8.14. The van der Waals surface area contributed by atoms with Crippen LogP contribution in [0.15, 0.2) is 12.7 Å². The number of allylic oxidation sites excluding steroid dienone is 1. The Bertz CT molecular complexity index is 280. The van der Waals surface area contributed by atoms with Gasteiger partial charge in [0.15, 0.2) is 0 Å². The molecule has 2 N–H and O–H groups in total. The number of hydrogen-bond acceptors (Lipinski definition) is 7. The fourth-order valence-electron chi connectivity index (χ4n) is 0.558. The maximum Gasteiger partial charge on any atom is 0.0905 e. The zero-order valence-electron chi connectivity index (χ0n) is 11.5. The molecule has 0 aliphatic heterocycles. The Morgan fingerprint density at radius 1 is 0.850 bits per heavy atom. The molecule has 0 aromatic carbocycles. The second-order valence-corrected chi connectivity index (χ2v) is 2.82. The Morgan fingerprint density at radius 3 is 1.40 bits per heavy atom. The molecule has 0 unspecified atom stereocenters. The summed E-state index contributed by atoms with van der Waals surface area (Å²) in [5.41, 5.74) is 0. The number of rotatable bonds is 8. The van der Waals surface area contributed by atoms with Gasteiger partial charge < -0.3 is 19.7 Å². The third-order valence-corrected chi connectivity index (χ3v) is 1.28. The molecular weight excluding hydrogens is 262 g/mol. The lowest BCUT2D eigenvalue weighted by atomic mass is 10.5. The van der Waals surface area contributed by atoms with Gasteiger partial charge in [-0.1, -0.05) is 6.58 Å². The van der Waals surface area contributed by atoms with Crippen LogP contribution in [0.4, 0.5) is 0 Å². The van der Waals surface area contributed by atoms with Crippen molar-refractivity contribution in [3.63, 3.8) is 0 Å². The first-order valence-electron chi connectivity index (χ1n) is 5.86. The molecule has 0 spiro atoms. The molecule has 0 aromatic heterocycles. The van der Waals surface area contributed by atoms with Crippen LogP contribution in [0.5, 0.6) is 0 Å². The molecule has 0 atom stereocenters. The summed E-state index contributed by atoms with van der Waals surface area (Å²) in [5.74, 6) is 0. The maximum absolute atomic E-state index is 8.14. The van der Waals surface area contributed by atoms with E-state index < -0.39 is 0 Å². The van der Waals surface area contributed by atoms with Crippen molar-refractivity contribution in [1.29, 1.82) is 15.8 Å². The van der Waals surface area contributed by atoms with E-state index in [0.29, 0.717) is 39.3 Å². The van der Waals surface area contributed by atoms with E-state index in [9.17, 15) is 0 Å². The zero-order chi connectivity index (χ0) is 15.9. The first-order chi connectivity index (χ1) is 9.74.